The van der Waals surface area contributed by atoms with Gasteiger partial charge in [-0.1, -0.05) is 13.8 Å². The second kappa shape index (κ2) is 5.11. The van der Waals surface area contributed by atoms with Crippen LogP contribution in [0.5, 0.6) is 5.75 Å². The van der Waals surface area contributed by atoms with E-state index in [1.807, 2.05) is 32.0 Å². The lowest BCUT2D eigenvalue weighted by molar-refractivity contribution is -0.00261. The first kappa shape index (κ1) is 13.1. The largest absolute Gasteiger partial charge is 0.493 e. The molecule has 0 aliphatic carbocycles. The highest BCUT2D eigenvalue weighted by atomic mass is 16.5. The number of ketones is 1. The van der Waals surface area contributed by atoms with Crippen LogP contribution in [-0.2, 0) is 11.2 Å². The molecule has 18 heavy (non-hydrogen) atoms. The lowest BCUT2D eigenvalue weighted by Crippen LogP contribution is -2.39. The molecule has 0 unspecified atom stereocenters. The molecule has 0 atom stereocenters. The number of hydrogen-bond acceptors (Lipinski definition) is 3. The van der Waals surface area contributed by atoms with Crippen LogP contribution in [0.4, 0.5) is 0 Å². The van der Waals surface area contributed by atoms with E-state index in [2.05, 4.69) is 0 Å². The Morgan fingerprint density at radius 1 is 1.39 bits per heavy atom. The smallest absolute Gasteiger partial charge is 0.194 e. The minimum atomic E-state index is -0.687. The van der Waals surface area contributed by atoms with Gasteiger partial charge in [-0.2, -0.15) is 0 Å². The van der Waals surface area contributed by atoms with Crippen molar-refractivity contribution in [3.8, 4) is 5.75 Å². The van der Waals surface area contributed by atoms with Crippen molar-refractivity contribution in [1.29, 1.82) is 0 Å². The van der Waals surface area contributed by atoms with Crippen molar-refractivity contribution in [2.45, 2.75) is 38.7 Å². The molecule has 2 rings (SSSR count). The maximum absolute atomic E-state index is 12.6. The number of Topliss-reactive ketones (excluding diaryl/α,β-unsaturated/α-hetero) is 1. The topological polar surface area (TPSA) is 35.5 Å². The maximum Gasteiger partial charge on any atom is 0.194 e. The lowest BCUT2D eigenvalue weighted by Gasteiger charge is -2.28. The second-order valence-electron chi connectivity index (χ2n) is 4.66. The van der Waals surface area contributed by atoms with E-state index in [-0.39, 0.29) is 5.78 Å². The number of rotatable bonds is 5. The van der Waals surface area contributed by atoms with E-state index in [0.717, 1.165) is 23.3 Å². The first-order valence-corrected chi connectivity index (χ1v) is 6.52. The molecule has 1 heterocycles. The molecule has 0 N–H and O–H groups in total. The van der Waals surface area contributed by atoms with Gasteiger partial charge >= 0.3 is 0 Å². The summed E-state index contributed by atoms with van der Waals surface area (Å²) in [6.45, 7) is 4.69. The molecule has 0 amide bonds. The molecule has 98 valence electrons. The molecule has 0 fully saturated rings. The summed E-state index contributed by atoms with van der Waals surface area (Å²) >= 11 is 0. The third-order valence-electron chi connectivity index (χ3n) is 3.90. The Kier molecular flexibility index (Phi) is 3.71. The number of carbonyl (C=O) groups is 1. The summed E-state index contributed by atoms with van der Waals surface area (Å²) in [6, 6.07) is 5.68. The van der Waals surface area contributed by atoms with Gasteiger partial charge in [0.05, 0.1) is 6.61 Å². The van der Waals surface area contributed by atoms with Gasteiger partial charge in [0.1, 0.15) is 11.4 Å². The number of benzene rings is 1. The molecule has 0 saturated carbocycles. The molecule has 3 nitrogen and oxygen atoms in total. The predicted molar refractivity (Wildman–Crippen MR) is 70.3 cm³/mol. The van der Waals surface area contributed by atoms with Crippen molar-refractivity contribution in [2.24, 2.45) is 0 Å². The van der Waals surface area contributed by atoms with Gasteiger partial charge in [-0.25, -0.2) is 0 Å². The van der Waals surface area contributed by atoms with Crippen LogP contribution in [0.2, 0.25) is 0 Å². The number of fused-ring (bicyclic) bond motifs is 1. The van der Waals surface area contributed by atoms with Crippen LogP contribution in [0.25, 0.3) is 0 Å². The van der Waals surface area contributed by atoms with Crippen molar-refractivity contribution >= 4 is 5.78 Å². The molecule has 0 radical (unpaired) electrons. The molecule has 1 aromatic rings. The van der Waals surface area contributed by atoms with E-state index in [1.54, 1.807) is 7.11 Å². The quantitative estimate of drug-likeness (QED) is 0.751. The van der Waals surface area contributed by atoms with Gasteiger partial charge in [0.15, 0.2) is 5.78 Å². The molecular weight excluding hydrogens is 228 g/mol. The van der Waals surface area contributed by atoms with Crippen LogP contribution in [-0.4, -0.2) is 25.1 Å². The molecule has 0 bridgehead atoms. The normalized spacial score (nSPS) is 14.2. The average molecular weight is 248 g/mol. The summed E-state index contributed by atoms with van der Waals surface area (Å²) in [4.78, 5) is 12.6. The first-order valence-electron chi connectivity index (χ1n) is 6.52. The molecule has 3 heteroatoms. The zero-order valence-electron chi connectivity index (χ0n) is 11.3. The zero-order valence-corrected chi connectivity index (χ0v) is 11.3. The SMILES string of the molecule is CCC(CC)(OC)C(=O)c1ccc2c(c1)CCO2. The Balaban J connectivity index is 2.33. The van der Waals surface area contributed by atoms with Crippen molar-refractivity contribution in [2.75, 3.05) is 13.7 Å². The van der Waals surface area contributed by atoms with Gasteiger partial charge in [-0.15, -0.1) is 0 Å². The first-order chi connectivity index (χ1) is 8.66. The molecule has 1 aliphatic rings. The summed E-state index contributed by atoms with van der Waals surface area (Å²) in [7, 11) is 1.61. The van der Waals surface area contributed by atoms with Crippen molar-refractivity contribution in [3.05, 3.63) is 29.3 Å². The summed E-state index contributed by atoms with van der Waals surface area (Å²) in [5, 5.41) is 0. The van der Waals surface area contributed by atoms with Crippen molar-refractivity contribution in [1.82, 2.24) is 0 Å². The summed E-state index contributed by atoms with van der Waals surface area (Å²) < 4.78 is 10.9. The highest BCUT2D eigenvalue weighted by molar-refractivity contribution is 6.02. The summed E-state index contributed by atoms with van der Waals surface area (Å²) in [6.07, 6.45) is 2.26. The molecule has 1 aromatic carbocycles. The lowest BCUT2D eigenvalue weighted by atomic mass is 9.87. The fourth-order valence-corrected chi connectivity index (χ4v) is 2.54. The predicted octanol–water partition coefficient (Wildman–Crippen LogP) is 3.01. The van der Waals surface area contributed by atoms with Crippen LogP contribution < -0.4 is 4.74 Å². The number of carbonyl (C=O) groups excluding carboxylic acids is 1. The van der Waals surface area contributed by atoms with Crippen LogP contribution in [0.15, 0.2) is 18.2 Å². The van der Waals surface area contributed by atoms with Crippen molar-refractivity contribution in [3.63, 3.8) is 0 Å². The van der Waals surface area contributed by atoms with E-state index in [1.165, 1.54) is 0 Å². The fourth-order valence-electron chi connectivity index (χ4n) is 2.54. The maximum atomic E-state index is 12.6. The van der Waals surface area contributed by atoms with E-state index in [9.17, 15) is 4.79 Å². The minimum absolute atomic E-state index is 0.0738. The van der Waals surface area contributed by atoms with Crippen LogP contribution >= 0.6 is 0 Å². The third-order valence-corrected chi connectivity index (χ3v) is 3.90. The monoisotopic (exact) mass is 248 g/mol. The van der Waals surface area contributed by atoms with Gasteiger partial charge in [0, 0.05) is 19.1 Å². The van der Waals surface area contributed by atoms with Gasteiger partial charge in [0.25, 0.3) is 0 Å². The Hall–Kier alpha value is -1.35. The second-order valence-corrected chi connectivity index (χ2v) is 4.66. The molecule has 1 aliphatic heterocycles. The van der Waals surface area contributed by atoms with Crippen molar-refractivity contribution < 1.29 is 14.3 Å². The fraction of sp³-hybridized carbons (Fsp3) is 0.533. The highest BCUT2D eigenvalue weighted by Crippen LogP contribution is 2.30. The molecule has 0 spiro atoms. The number of hydrogen-bond donors (Lipinski definition) is 0. The van der Waals surface area contributed by atoms with E-state index >= 15 is 0 Å². The van der Waals surface area contributed by atoms with Crippen LogP contribution in [0.1, 0.15) is 42.6 Å². The number of methoxy groups -OCH3 is 1. The average Bonchev–Trinajstić information content (AvgIpc) is 2.88. The molecule has 0 saturated heterocycles. The summed E-state index contributed by atoms with van der Waals surface area (Å²) in [5.41, 5.74) is 1.16. The van der Waals surface area contributed by atoms with E-state index in [0.29, 0.717) is 19.4 Å². The minimum Gasteiger partial charge on any atom is -0.493 e. The Morgan fingerprint density at radius 2 is 2.11 bits per heavy atom. The van der Waals surface area contributed by atoms with Gasteiger partial charge in [-0.3, -0.25) is 4.79 Å². The number of ether oxygens (including phenoxy) is 2. The van der Waals surface area contributed by atoms with E-state index in [4.69, 9.17) is 9.47 Å². The van der Waals surface area contributed by atoms with Crippen LogP contribution in [0.3, 0.4) is 0 Å². The standard InChI is InChI=1S/C15H20O3/c1-4-15(5-2,17-3)14(16)12-6-7-13-11(10-12)8-9-18-13/h6-7,10H,4-5,8-9H2,1-3H3. The van der Waals surface area contributed by atoms with E-state index < -0.39 is 5.60 Å². The summed E-state index contributed by atoms with van der Waals surface area (Å²) in [5.74, 6) is 0.979. The van der Waals surface area contributed by atoms with Crippen LogP contribution in [0, 0.1) is 0 Å². The third kappa shape index (κ3) is 2.03. The zero-order chi connectivity index (χ0) is 13.2. The van der Waals surface area contributed by atoms with Gasteiger partial charge in [0.2, 0.25) is 0 Å². The Labute approximate surface area is 108 Å². The van der Waals surface area contributed by atoms with Gasteiger partial charge < -0.3 is 9.47 Å². The Bertz CT molecular complexity index is 439. The van der Waals surface area contributed by atoms with Gasteiger partial charge in [-0.05, 0) is 36.6 Å². The Morgan fingerprint density at radius 3 is 2.72 bits per heavy atom. The highest BCUT2D eigenvalue weighted by Gasteiger charge is 2.35. The molecule has 0 aromatic heterocycles. The molecular formula is C15H20O3.